The summed E-state index contributed by atoms with van der Waals surface area (Å²) in [6.07, 6.45) is 0.901. The van der Waals surface area contributed by atoms with E-state index in [1.807, 2.05) is 36.9 Å². The second-order valence-corrected chi connectivity index (χ2v) is 5.43. The van der Waals surface area contributed by atoms with Crippen LogP contribution in [0.25, 0.3) is 0 Å². The van der Waals surface area contributed by atoms with Crippen LogP contribution >= 0.6 is 0 Å². The number of carbonyl (C=O) groups excluding carboxylic acids is 1. The molecule has 0 aliphatic carbocycles. The van der Waals surface area contributed by atoms with E-state index < -0.39 is 0 Å². The first-order valence-electron chi connectivity index (χ1n) is 6.61. The standard InChI is InChI=1S/C15H22N2O/c1-10-5-4-6-13(12(10)3)15(18)17-8-7-14(16)11(2)9-17/h4-6,11,14H,7-9,16H2,1-3H3. The van der Waals surface area contributed by atoms with Crippen molar-refractivity contribution in [1.82, 2.24) is 4.90 Å². The number of carbonyl (C=O) groups is 1. The largest absolute Gasteiger partial charge is 0.338 e. The van der Waals surface area contributed by atoms with Crippen LogP contribution in [0.5, 0.6) is 0 Å². The Hall–Kier alpha value is -1.35. The van der Waals surface area contributed by atoms with Crippen LogP contribution < -0.4 is 5.73 Å². The zero-order valence-corrected chi connectivity index (χ0v) is 11.4. The molecule has 1 heterocycles. The Bertz CT molecular complexity index is 456. The number of hydrogen-bond donors (Lipinski definition) is 1. The van der Waals surface area contributed by atoms with Gasteiger partial charge in [-0.3, -0.25) is 4.79 Å². The summed E-state index contributed by atoms with van der Waals surface area (Å²) in [5.74, 6) is 0.530. The summed E-state index contributed by atoms with van der Waals surface area (Å²) in [6.45, 7) is 7.72. The van der Waals surface area contributed by atoms with E-state index in [4.69, 9.17) is 5.73 Å². The zero-order valence-electron chi connectivity index (χ0n) is 11.4. The lowest BCUT2D eigenvalue weighted by Gasteiger charge is -2.35. The molecule has 1 aliphatic rings. The molecule has 1 aliphatic heterocycles. The smallest absolute Gasteiger partial charge is 0.254 e. The highest BCUT2D eigenvalue weighted by Gasteiger charge is 2.27. The number of nitrogens with zero attached hydrogens (tertiary/aromatic N) is 1. The maximum atomic E-state index is 12.5. The minimum Gasteiger partial charge on any atom is -0.338 e. The minimum atomic E-state index is 0.148. The van der Waals surface area contributed by atoms with Crippen molar-refractivity contribution in [1.29, 1.82) is 0 Å². The van der Waals surface area contributed by atoms with Gasteiger partial charge in [0.15, 0.2) is 0 Å². The van der Waals surface area contributed by atoms with Gasteiger partial charge in [0.2, 0.25) is 0 Å². The number of hydrogen-bond acceptors (Lipinski definition) is 2. The van der Waals surface area contributed by atoms with Gasteiger partial charge in [0.25, 0.3) is 5.91 Å². The number of nitrogens with two attached hydrogens (primary N) is 1. The predicted molar refractivity (Wildman–Crippen MR) is 73.6 cm³/mol. The van der Waals surface area contributed by atoms with Crippen LogP contribution in [0.4, 0.5) is 0 Å². The lowest BCUT2D eigenvalue weighted by molar-refractivity contribution is 0.0663. The van der Waals surface area contributed by atoms with Gasteiger partial charge in [0.1, 0.15) is 0 Å². The fourth-order valence-electron chi connectivity index (χ4n) is 2.50. The molecule has 1 saturated heterocycles. The summed E-state index contributed by atoms with van der Waals surface area (Å²) in [5.41, 5.74) is 9.08. The molecule has 1 amide bonds. The molecule has 0 saturated carbocycles. The molecule has 2 N–H and O–H groups in total. The number of benzene rings is 1. The van der Waals surface area contributed by atoms with Gasteiger partial charge in [-0.05, 0) is 43.4 Å². The molecule has 0 spiro atoms. The minimum absolute atomic E-state index is 0.148. The van der Waals surface area contributed by atoms with E-state index in [0.717, 1.165) is 30.6 Å². The van der Waals surface area contributed by atoms with Gasteiger partial charge >= 0.3 is 0 Å². The number of piperidine rings is 1. The quantitative estimate of drug-likeness (QED) is 0.825. The van der Waals surface area contributed by atoms with Crippen molar-refractivity contribution in [2.75, 3.05) is 13.1 Å². The molecule has 3 nitrogen and oxygen atoms in total. The van der Waals surface area contributed by atoms with Crippen molar-refractivity contribution in [3.63, 3.8) is 0 Å². The first-order valence-corrected chi connectivity index (χ1v) is 6.61. The summed E-state index contributed by atoms with van der Waals surface area (Å²) >= 11 is 0. The highest BCUT2D eigenvalue weighted by Crippen LogP contribution is 2.20. The summed E-state index contributed by atoms with van der Waals surface area (Å²) in [7, 11) is 0. The Kier molecular flexibility index (Phi) is 3.71. The molecule has 2 rings (SSSR count). The average Bonchev–Trinajstić information content (AvgIpc) is 2.35. The molecule has 18 heavy (non-hydrogen) atoms. The van der Waals surface area contributed by atoms with Crippen LogP contribution in [0, 0.1) is 19.8 Å². The second kappa shape index (κ2) is 5.11. The first-order chi connectivity index (χ1) is 8.50. The summed E-state index contributed by atoms with van der Waals surface area (Å²) in [5, 5.41) is 0. The van der Waals surface area contributed by atoms with Crippen molar-refractivity contribution >= 4 is 5.91 Å². The predicted octanol–water partition coefficient (Wildman–Crippen LogP) is 2.11. The first kappa shape index (κ1) is 13.1. The Morgan fingerprint density at radius 3 is 2.78 bits per heavy atom. The van der Waals surface area contributed by atoms with E-state index >= 15 is 0 Å². The topological polar surface area (TPSA) is 46.3 Å². The van der Waals surface area contributed by atoms with Crippen molar-refractivity contribution in [3.8, 4) is 0 Å². The van der Waals surface area contributed by atoms with Crippen molar-refractivity contribution in [2.45, 2.75) is 33.2 Å². The molecular weight excluding hydrogens is 224 g/mol. The average molecular weight is 246 g/mol. The number of amides is 1. The number of likely N-dealkylation sites (tertiary alicyclic amines) is 1. The van der Waals surface area contributed by atoms with Crippen LogP contribution in [-0.4, -0.2) is 29.9 Å². The maximum absolute atomic E-state index is 12.5. The molecule has 0 bridgehead atoms. The van der Waals surface area contributed by atoms with Gasteiger partial charge in [-0.25, -0.2) is 0 Å². The molecule has 1 aromatic rings. The maximum Gasteiger partial charge on any atom is 0.254 e. The SMILES string of the molecule is Cc1cccc(C(=O)N2CCC(N)C(C)C2)c1C. The molecule has 1 fully saturated rings. The summed E-state index contributed by atoms with van der Waals surface area (Å²) in [6, 6.07) is 6.15. The van der Waals surface area contributed by atoms with Crippen LogP contribution in [0.2, 0.25) is 0 Å². The third-order valence-corrected chi connectivity index (χ3v) is 4.09. The van der Waals surface area contributed by atoms with Crippen molar-refractivity contribution < 1.29 is 4.79 Å². The molecule has 98 valence electrons. The van der Waals surface area contributed by atoms with Gasteiger partial charge < -0.3 is 10.6 Å². The third kappa shape index (κ3) is 2.41. The van der Waals surface area contributed by atoms with Gasteiger partial charge in [0, 0.05) is 24.7 Å². The van der Waals surface area contributed by atoms with Crippen LogP contribution in [-0.2, 0) is 0 Å². The monoisotopic (exact) mass is 246 g/mol. The Morgan fingerprint density at radius 2 is 2.11 bits per heavy atom. The molecular formula is C15H22N2O. The summed E-state index contributed by atoms with van der Waals surface area (Å²) in [4.78, 5) is 14.5. The van der Waals surface area contributed by atoms with Gasteiger partial charge in [-0.15, -0.1) is 0 Å². The fraction of sp³-hybridized carbons (Fsp3) is 0.533. The van der Waals surface area contributed by atoms with E-state index in [-0.39, 0.29) is 11.9 Å². The molecule has 2 unspecified atom stereocenters. The van der Waals surface area contributed by atoms with Crippen molar-refractivity contribution in [3.05, 3.63) is 34.9 Å². The van der Waals surface area contributed by atoms with E-state index in [1.165, 1.54) is 5.56 Å². The zero-order chi connectivity index (χ0) is 13.3. The Morgan fingerprint density at radius 1 is 1.39 bits per heavy atom. The molecule has 1 aromatic carbocycles. The normalized spacial score (nSPS) is 24.1. The number of rotatable bonds is 1. The lowest BCUT2D eigenvalue weighted by atomic mass is 9.93. The van der Waals surface area contributed by atoms with E-state index in [2.05, 4.69) is 6.92 Å². The Labute approximate surface area is 109 Å². The lowest BCUT2D eigenvalue weighted by Crippen LogP contribution is -2.48. The van der Waals surface area contributed by atoms with Crippen LogP contribution in [0.3, 0.4) is 0 Å². The van der Waals surface area contributed by atoms with Crippen molar-refractivity contribution in [2.24, 2.45) is 11.7 Å². The Balaban J connectivity index is 2.19. The second-order valence-electron chi connectivity index (χ2n) is 5.43. The van der Waals surface area contributed by atoms with E-state index in [0.29, 0.717) is 5.92 Å². The summed E-state index contributed by atoms with van der Waals surface area (Å²) < 4.78 is 0. The van der Waals surface area contributed by atoms with Crippen LogP contribution in [0.15, 0.2) is 18.2 Å². The number of aryl methyl sites for hydroxylation is 1. The van der Waals surface area contributed by atoms with Gasteiger partial charge in [-0.2, -0.15) is 0 Å². The van der Waals surface area contributed by atoms with E-state index in [1.54, 1.807) is 0 Å². The van der Waals surface area contributed by atoms with E-state index in [9.17, 15) is 4.79 Å². The fourth-order valence-corrected chi connectivity index (χ4v) is 2.50. The molecule has 0 radical (unpaired) electrons. The van der Waals surface area contributed by atoms with Crippen LogP contribution in [0.1, 0.15) is 34.8 Å². The highest BCUT2D eigenvalue weighted by molar-refractivity contribution is 5.96. The van der Waals surface area contributed by atoms with Gasteiger partial charge in [-0.1, -0.05) is 19.1 Å². The third-order valence-electron chi connectivity index (χ3n) is 4.09. The molecule has 3 heteroatoms. The molecule has 0 aromatic heterocycles. The highest BCUT2D eigenvalue weighted by atomic mass is 16.2. The van der Waals surface area contributed by atoms with Gasteiger partial charge in [0.05, 0.1) is 0 Å². The molecule has 2 atom stereocenters.